The lowest BCUT2D eigenvalue weighted by Crippen LogP contribution is -2.67. The number of fused-ring (bicyclic) bond motifs is 5. The van der Waals surface area contributed by atoms with E-state index in [1.165, 1.54) is 6.92 Å². The zero-order valence-electron chi connectivity index (χ0n) is 40.5. The molecule has 9 rings (SSSR count). The summed E-state index contributed by atoms with van der Waals surface area (Å²) in [5.41, 5.74) is -1.01. The fourth-order valence-electron chi connectivity index (χ4n) is 14.6. The number of ether oxygens (including phenoxy) is 10. The fourth-order valence-corrected chi connectivity index (χ4v) is 14.6. The van der Waals surface area contributed by atoms with Gasteiger partial charge in [-0.3, -0.25) is 4.79 Å². The molecule has 4 saturated heterocycles. The molecule has 69 heavy (non-hydrogen) atoms. The number of hydrogen-bond donors (Lipinski definition) is 8. The minimum atomic E-state index is -1.69. The Kier molecular flexibility index (Phi) is 15.1. The Morgan fingerprint density at radius 1 is 0.710 bits per heavy atom. The number of carbonyl (C=O) groups is 2. The van der Waals surface area contributed by atoms with Crippen LogP contribution in [0.4, 0.5) is 0 Å². The first-order chi connectivity index (χ1) is 32.6. The van der Waals surface area contributed by atoms with Crippen LogP contribution < -0.4 is 0 Å². The molecule has 0 aromatic rings. The van der Waals surface area contributed by atoms with Gasteiger partial charge in [-0.25, -0.2) is 4.79 Å². The molecular formula is C49H76O20. The third-order valence-electron chi connectivity index (χ3n) is 18.4. The third kappa shape index (κ3) is 9.48. The van der Waals surface area contributed by atoms with Crippen molar-refractivity contribution in [1.29, 1.82) is 0 Å². The Hall–Kier alpha value is -1.96. The van der Waals surface area contributed by atoms with Crippen LogP contribution in [0.3, 0.4) is 0 Å². The van der Waals surface area contributed by atoms with Crippen molar-refractivity contribution in [2.45, 2.75) is 234 Å². The van der Waals surface area contributed by atoms with Crippen molar-refractivity contribution < 1.29 is 97.8 Å². The van der Waals surface area contributed by atoms with Crippen molar-refractivity contribution >= 4 is 11.9 Å². The van der Waals surface area contributed by atoms with Gasteiger partial charge in [0.05, 0.1) is 54.9 Å². The predicted octanol–water partition coefficient (Wildman–Crippen LogP) is 0.613. The summed E-state index contributed by atoms with van der Waals surface area (Å²) in [5, 5.41) is 88.1. The summed E-state index contributed by atoms with van der Waals surface area (Å²) in [7, 11) is 0. The van der Waals surface area contributed by atoms with Crippen molar-refractivity contribution in [3.8, 4) is 0 Å². The quantitative estimate of drug-likeness (QED) is 0.104. The molecule has 4 aliphatic carbocycles. The van der Waals surface area contributed by atoms with Crippen LogP contribution in [-0.4, -0.2) is 188 Å². The van der Waals surface area contributed by atoms with Gasteiger partial charge in [0.2, 0.25) is 0 Å². The van der Waals surface area contributed by atoms with Crippen LogP contribution in [0.2, 0.25) is 0 Å². The predicted molar refractivity (Wildman–Crippen MR) is 235 cm³/mol. The second-order valence-corrected chi connectivity index (χ2v) is 22.2. The van der Waals surface area contributed by atoms with Crippen LogP contribution >= 0.6 is 0 Å². The van der Waals surface area contributed by atoms with Crippen LogP contribution in [-0.2, 0) is 57.0 Å². The summed E-state index contributed by atoms with van der Waals surface area (Å²) >= 11 is 0. The Balaban J connectivity index is 0.752. The van der Waals surface area contributed by atoms with Gasteiger partial charge in [-0.2, -0.15) is 0 Å². The first-order valence-electron chi connectivity index (χ1n) is 25.3. The molecule has 26 atom stereocenters. The summed E-state index contributed by atoms with van der Waals surface area (Å²) in [6.45, 7) is 10.3. The lowest BCUT2D eigenvalue weighted by molar-refractivity contribution is -0.355. The largest absolute Gasteiger partial charge is 0.459 e. The van der Waals surface area contributed by atoms with Crippen LogP contribution in [0, 0.1) is 34.5 Å². The van der Waals surface area contributed by atoms with E-state index in [2.05, 4.69) is 6.92 Å². The summed E-state index contributed by atoms with van der Waals surface area (Å²) in [5.74, 6) is -0.580. The molecule has 20 nitrogen and oxygen atoms in total. The number of carbonyl (C=O) groups excluding carboxylic acids is 2. The number of cyclic esters (lactones) is 1. The van der Waals surface area contributed by atoms with E-state index in [0.29, 0.717) is 25.2 Å². The fraction of sp³-hybridized carbons (Fsp3) is 0.918. The standard InChI is InChI=1S/C49H76O20/c1-21-43(67-38-17-32(53)44(22(2)62-38)68-39-18-33(64-24(4)51)45(23(3)63-39)69-46-42(58)41(57)40(56)34(19-50)66-46)31(52)16-37(61-21)65-27-9-11-47(5)26(14-27)7-8-29-30(47)15-35(54)48(6)28(10-12-49(29,48)59)25-13-36(55)60-20-25/h13,21-23,26-35,37-46,50,52-54,56-59H,7-12,14-20H2,1-6H3/t21?,22?,23?,26?,27-,28+,29?,30?,31-,32-,33-,34+,35+,37-,38+,39+,40+,41-,42+,43+,44+,45+,46-,47-,48-,49-/m0/s1. The van der Waals surface area contributed by atoms with Crippen molar-refractivity contribution in [3.63, 3.8) is 0 Å². The zero-order chi connectivity index (χ0) is 49.5. The Morgan fingerprint density at radius 3 is 1.93 bits per heavy atom. The molecule has 20 heteroatoms. The van der Waals surface area contributed by atoms with Gasteiger partial charge in [0.1, 0.15) is 55.4 Å². The SMILES string of the molecule is CC(=O)O[C@H]1C[C@@H](O[C@@H]2C(C)O[C@H](O[C@@H]3C(C)O[C@@H](O[C@H]4CC[C@@]5(C)C(CCC6C5C[C@@H](O)[C@]5(C)[C@@H](C7=CC(=O)OC7)CC[C@]65O)C4)C[C@@H]3O)C[C@@H]2O)OC(C)[C@H]1O[C@@H]1O[C@H](CO)[C@@H](O)[C@H](O)[C@H]1O. The molecule has 0 aromatic carbocycles. The van der Waals surface area contributed by atoms with E-state index in [0.717, 1.165) is 37.7 Å². The lowest BCUT2D eigenvalue weighted by Gasteiger charge is -2.65. The maximum absolute atomic E-state index is 12.6. The Labute approximate surface area is 402 Å². The highest BCUT2D eigenvalue weighted by molar-refractivity contribution is 5.85. The first-order valence-corrected chi connectivity index (χ1v) is 25.3. The molecule has 5 heterocycles. The van der Waals surface area contributed by atoms with E-state index in [-0.39, 0.29) is 61.1 Å². The van der Waals surface area contributed by atoms with Gasteiger partial charge in [0.25, 0.3) is 0 Å². The van der Waals surface area contributed by atoms with Crippen molar-refractivity contribution in [1.82, 2.24) is 0 Å². The van der Waals surface area contributed by atoms with Gasteiger partial charge < -0.3 is 88.2 Å². The van der Waals surface area contributed by atoms with Gasteiger partial charge in [0, 0.05) is 37.7 Å². The van der Waals surface area contributed by atoms with Crippen LogP contribution in [0.5, 0.6) is 0 Å². The van der Waals surface area contributed by atoms with Gasteiger partial charge in [-0.1, -0.05) is 13.8 Å². The number of rotatable bonds is 11. The summed E-state index contributed by atoms with van der Waals surface area (Å²) < 4.78 is 60.1. The molecule has 0 amide bonds. The topological polar surface area (TPSA) is 288 Å². The Morgan fingerprint density at radius 2 is 1.33 bits per heavy atom. The Bertz CT molecular complexity index is 1850. The normalized spacial score (nSPS) is 53.3. The van der Waals surface area contributed by atoms with Crippen LogP contribution in [0.1, 0.15) is 112 Å². The van der Waals surface area contributed by atoms with Gasteiger partial charge >= 0.3 is 11.9 Å². The lowest BCUT2D eigenvalue weighted by atomic mass is 9.42. The first kappa shape index (κ1) is 51.9. The van der Waals surface area contributed by atoms with Crippen LogP contribution in [0.25, 0.3) is 0 Å². The molecule has 5 aliphatic heterocycles. The molecule has 392 valence electrons. The second-order valence-electron chi connectivity index (χ2n) is 22.2. The van der Waals surface area contributed by atoms with Gasteiger partial charge in [0.15, 0.2) is 25.2 Å². The third-order valence-corrected chi connectivity index (χ3v) is 18.4. The highest BCUT2D eigenvalue weighted by atomic mass is 16.8. The maximum Gasteiger partial charge on any atom is 0.331 e. The minimum Gasteiger partial charge on any atom is -0.459 e. The molecule has 0 radical (unpaired) electrons. The van der Waals surface area contributed by atoms with E-state index < -0.39 is 134 Å². The molecule has 0 bridgehead atoms. The van der Waals surface area contributed by atoms with Crippen molar-refractivity contribution in [2.24, 2.45) is 34.5 Å². The van der Waals surface area contributed by atoms with Crippen molar-refractivity contribution in [2.75, 3.05) is 13.2 Å². The molecule has 0 aromatic heterocycles. The maximum atomic E-state index is 12.6. The summed E-state index contributed by atoms with van der Waals surface area (Å²) in [6.07, 6.45) is -11.1. The number of aliphatic hydroxyl groups is 8. The molecule has 0 spiro atoms. The smallest absolute Gasteiger partial charge is 0.331 e. The van der Waals surface area contributed by atoms with E-state index in [4.69, 9.17) is 47.4 Å². The van der Waals surface area contributed by atoms with E-state index in [1.807, 2.05) is 6.92 Å². The van der Waals surface area contributed by atoms with Gasteiger partial charge in [-0.15, -0.1) is 0 Å². The molecule has 9 aliphatic rings. The molecule has 4 saturated carbocycles. The number of aliphatic hydroxyl groups excluding tert-OH is 7. The second kappa shape index (κ2) is 20.0. The number of esters is 2. The molecule has 8 fully saturated rings. The highest BCUT2D eigenvalue weighted by Gasteiger charge is 2.71. The highest BCUT2D eigenvalue weighted by Crippen LogP contribution is 2.70. The van der Waals surface area contributed by atoms with E-state index in [9.17, 15) is 50.4 Å². The summed E-state index contributed by atoms with van der Waals surface area (Å²) in [6, 6.07) is 0. The average Bonchev–Trinajstić information content (AvgIpc) is 3.84. The van der Waals surface area contributed by atoms with Gasteiger partial charge in [-0.05, 0) is 107 Å². The molecule has 6 unspecified atom stereocenters. The average molecular weight is 985 g/mol. The number of hydrogen-bond acceptors (Lipinski definition) is 20. The van der Waals surface area contributed by atoms with Crippen LogP contribution in [0.15, 0.2) is 11.6 Å². The van der Waals surface area contributed by atoms with E-state index >= 15 is 0 Å². The summed E-state index contributed by atoms with van der Waals surface area (Å²) in [4.78, 5) is 24.2. The van der Waals surface area contributed by atoms with Crippen molar-refractivity contribution in [3.05, 3.63) is 11.6 Å². The van der Waals surface area contributed by atoms with E-state index in [1.54, 1.807) is 26.8 Å². The molecular weight excluding hydrogens is 909 g/mol. The minimum absolute atomic E-state index is 0.00421. The zero-order valence-corrected chi connectivity index (χ0v) is 40.5. The monoisotopic (exact) mass is 984 g/mol. The molecule has 8 N–H and O–H groups in total.